The molecule has 27 heavy (non-hydrogen) atoms. The number of piperidine rings is 1. The number of anilines is 1. The smallest absolute Gasteiger partial charge is 0.321 e. The fraction of sp³-hybridized carbons (Fsp3) is 0.400. The van der Waals surface area contributed by atoms with Crippen LogP contribution in [0.3, 0.4) is 0 Å². The number of carbonyl (C=O) groups is 1. The topological polar surface area (TPSA) is 72.8 Å². The molecule has 2 aromatic rings. The summed E-state index contributed by atoms with van der Waals surface area (Å²) in [6.45, 7) is 1.89. The van der Waals surface area contributed by atoms with Crippen LogP contribution in [-0.2, 0) is 6.54 Å². The average molecular weight is 369 g/mol. The molecular weight excluding hydrogens is 346 g/mol. The second-order valence-corrected chi connectivity index (χ2v) is 7.10. The first kappa shape index (κ1) is 17.5. The van der Waals surface area contributed by atoms with E-state index < -0.39 is 0 Å². The minimum Gasteiger partial charge on any atom is -0.497 e. The normalized spacial score (nSPS) is 20.6. The van der Waals surface area contributed by atoms with E-state index >= 15 is 0 Å². The summed E-state index contributed by atoms with van der Waals surface area (Å²) in [6.07, 6.45) is 1.01. The van der Waals surface area contributed by atoms with Gasteiger partial charge in [-0.1, -0.05) is 6.07 Å². The van der Waals surface area contributed by atoms with Gasteiger partial charge < -0.3 is 24.3 Å². The molecular formula is C20H23N3O4. The van der Waals surface area contributed by atoms with Gasteiger partial charge in [0.1, 0.15) is 11.5 Å². The molecule has 2 aliphatic heterocycles. The van der Waals surface area contributed by atoms with Crippen molar-refractivity contribution in [2.75, 3.05) is 32.6 Å². The Kier molecular flexibility index (Phi) is 4.51. The second kappa shape index (κ2) is 6.98. The van der Waals surface area contributed by atoms with Crippen molar-refractivity contribution in [1.29, 1.82) is 0 Å². The lowest BCUT2D eigenvalue weighted by atomic mass is 9.83. The average Bonchev–Trinajstić information content (AvgIpc) is 2.68. The van der Waals surface area contributed by atoms with Crippen LogP contribution in [0.5, 0.6) is 11.5 Å². The van der Waals surface area contributed by atoms with Gasteiger partial charge in [0.15, 0.2) is 0 Å². The Balaban J connectivity index is 1.54. The monoisotopic (exact) mass is 369 g/mol. The molecule has 2 bridgehead atoms. The third-order valence-electron chi connectivity index (χ3n) is 5.42. The van der Waals surface area contributed by atoms with E-state index in [-0.39, 0.29) is 23.4 Å². The van der Waals surface area contributed by atoms with Crippen LogP contribution in [-0.4, -0.2) is 42.8 Å². The molecule has 4 rings (SSSR count). The molecule has 1 fully saturated rings. The maximum atomic E-state index is 12.9. The molecule has 1 saturated heterocycles. The lowest BCUT2D eigenvalue weighted by molar-refractivity contribution is 0.139. The van der Waals surface area contributed by atoms with Crippen molar-refractivity contribution in [3.63, 3.8) is 0 Å². The number of fused-ring (bicyclic) bond motifs is 4. The first-order valence-electron chi connectivity index (χ1n) is 9.06. The van der Waals surface area contributed by atoms with Gasteiger partial charge in [-0.2, -0.15) is 0 Å². The maximum Gasteiger partial charge on any atom is 0.321 e. The highest BCUT2D eigenvalue weighted by Crippen LogP contribution is 2.35. The van der Waals surface area contributed by atoms with Gasteiger partial charge in [0.05, 0.1) is 19.9 Å². The Morgan fingerprint density at radius 1 is 1.11 bits per heavy atom. The van der Waals surface area contributed by atoms with E-state index in [9.17, 15) is 9.59 Å². The standard InChI is InChI=1S/C20H23N3O4/c1-26-15-6-7-18(27-2)16(9-15)21-20(25)22-10-13-8-14(12-22)17-4-3-5-19(24)23(17)11-13/h3-7,9,13-14H,8,10-12H2,1-2H3,(H,21,25)/t13-,14-/m1/s1. The number of amides is 2. The van der Waals surface area contributed by atoms with Gasteiger partial charge in [0.2, 0.25) is 0 Å². The number of hydrogen-bond donors (Lipinski definition) is 1. The third kappa shape index (κ3) is 3.25. The summed E-state index contributed by atoms with van der Waals surface area (Å²) in [6, 6.07) is 10.5. The third-order valence-corrected chi connectivity index (χ3v) is 5.42. The van der Waals surface area contributed by atoms with Crippen LogP contribution >= 0.6 is 0 Å². The maximum absolute atomic E-state index is 12.9. The highest BCUT2D eigenvalue weighted by molar-refractivity contribution is 5.91. The molecule has 7 heteroatoms. The highest BCUT2D eigenvalue weighted by atomic mass is 16.5. The number of nitrogens with one attached hydrogen (secondary N) is 1. The Bertz CT molecular complexity index is 924. The molecule has 0 radical (unpaired) electrons. The summed E-state index contributed by atoms with van der Waals surface area (Å²) in [5.41, 5.74) is 1.64. The van der Waals surface area contributed by atoms with Crippen LogP contribution in [0.25, 0.3) is 0 Å². The number of urea groups is 1. The van der Waals surface area contributed by atoms with Gasteiger partial charge >= 0.3 is 6.03 Å². The van der Waals surface area contributed by atoms with E-state index in [1.807, 2.05) is 15.5 Å². The number of hydrogen-bond acceptors (Lipinski definition) is 4. The van der Waals surface area contributed by atoms with Crippen molar-refractivity contribution in [3.8, 4) is 11.5 Å². The minimum atomic E-state index is -0.164. The van der Waals surface area contributed by atoms with E-state index in [1.165, 1.54) is 0 Å². The van der Waals surface area contributed by atoms with Gasteiger partial charge in [-0.05, 0) is 30.5 Å². The molecule has 0 unspecified atom stereocenters. The number of ether oxygens (including phenoxy) is 2. The van der Waals surface area contributed by atoms with Gasteiger partial charge in [-0.25, -0.2) is 4.79 Å². The Morgan fingerprint density at radius 3 is 2.74 bits per heavy atom. The van der Waals surface area contributed by atoms with Crippen LogP contribution in [0.4, 0.5) is 10.5 Å². The number of rotatable bonds is 3. The molecule has 2 aliphatic rings. The highest BCUT2D eigenvalue weighted by Gasteiger charge is 2.36. The first-order valence-corrected chi connectivity index (χ1v) is 9.06. The number of carbonyl (C=O) groups excluding carboxylic acids is 1. The zero-order valence-electron chi connectivity index (χ0n) is 15.5. The lowest BCUT2D eigenvalue weighted by Gasteiger charge is -2.42. The van der Waals surface area contributed by atoms with Crippen molar-refractivity contribution >= 4 is 11.7 Å². The second-order valence-electron chi connectivity index (χ2n) is 7.10. The molecule has 3 heterocycles. The zero-order chi connectivity index (χ0) is 19.0. The summed E-state index contributed by atoms with van der Waals surface area (Å²) in [5, 5.41) is 2.94. The molecule has 142 valence electrons. The lowest BCUT2D eigenvalue weighted by Crippen LogP contribution is -2.50. The van der Waals surface area contributed by atoms with Crippen LogP contribution < -0.4 is 20.3 Å². The van der Waals surface area contributed by atoms with Crippen molar-refractivity contribution in [1.82, 2.24) is 9.47 Å². The minimum absolute atomic E-state index is 0.0428. The molecule has 2 amide bonds. The summed E-state index contributed by atoms with van der Waals surface area (Å²) in [7, 11) is 3.15. The van der Waals surface area contributed by atoms with Crippen LogP contribution in [0.15, 0.2) is 41.2 Å². The van der Waals surface area contributed by atoms with Gasteiger partial charge in [0, 0.05) is 43.4 Å². The quantitative estimate of drug-likeness (QED) is 0.902. The predicted molar refractivity (Wildman–Crippen MR) is 102 cm³/mol. The number of pyridine rings is 1. The van der Waals surface area contributed by atoms with Gasteiger partial charge in [-0.15, -0.1) is 0 Å². The van der Waals surface area contributed by atoms with Crippen LogP contribution in [0.2, 0.25) is 0 Å². The van der Waals surface area contributed by atoms with Crippen LogP contribution in [0, 0.1) is 5.92 Å². The largest absolute Gasteiger partial charge is 0.497 e. The Hall–Kier alpha value is -2.96. The van der Waals surface area contributed by atoms with Gasteiger partial charge in [-0.3, -0.25) is 4.79 Å². The SMILES string of the molecule is COc1ccc(OC)c(NC(=O)N2C[C@H]3C[C@H](C2)c2cccc(=O)n2C3)c1. The Labute approximate surface area is 157 Å². The fourth-order valence-corrected chi connectivity index (χ4v) is 4.17. The summed E-state index contributed by atoms with van der Waals surface area (Å²) < 4.78 is 12.4. The van der Waals surface area contributed by atoms with E-state index in [2.05, 4.69) is 5.32 Å². The fourth-order valence-electron chi connectivity index (χ4n) is 4.17. The first-order chi connectivity index (χ1) is 13.1. The number of nitrogens with zero attached hydrogens (tertiary/aromatic N) is 2. The number of aromatic nitrogens is 1. The molecule has 1 aromatic carbocycles. The molecule has 0 aliphatic carbocycles. The van der Waals surface area contributed by atoms with Crippen molar-refractivity contribution in [2.24, 2.45) is 5.92 Å². The van der Waals surface area contributed by atoms with Crippen molar-refractivity contribution < 1.29 is 14.3 Å². The zero-order valence-corrected chi connectivity index (χ0v) is 15.5. The molecule has 1 N–H and O–H groups in total. The van der Waals surface area contributed by atoms with E-state index in [1.54, 1.807) is 44.6 Å². The molecule has 7 nitrogen and oxygen atoms in total. The van der Waals surface area contributed by atoms with Crippen LogP contribution in [0.1, 0.15) is 18.0 Å². The molecule has 2 atom stereocenters. The van der Waals surface area contributed by atoms with Crippen molar-refractivity contribution in [2.45, 2.75) is 18.9 Å². The number of benzene rings is 1. The summed E-state index contributed by atoms with van der Waals surface area (Å²) in [5.74, 6) is 1.70. The van der Waals surface area contributed by atoms with E-state index in [0.717, 1.165) is 12.1 Å². The van der Waals surface area contributed by atoms with E-state index in [4.69, 9.17) is 9.47 Å². The predicted octanol–water partition coefficient (Wildman–Crippen LogP) is 2.52. The molecule has 0 spiro atoms. The molecule has 1 aromatic heterocycles. The summed E-state index contributed by atoms with van der Waals surface area (Å²) in [4.78, 5) is 26.9. The number of methoxy groups -OCH3 is 2. The number of likely N-dealkylation sites (tertiary alicyclic amines) is 1. The van der Waals surface area contributed by atoms with E-state index in [0.29, 0.717) is 36.8 Å². The Morgan fingerprint density at radius 2 is 1.96 bits per heavy atom. The molecule has 0 saturated carbocycles. The summed E-state index contributed by atoms with van der Waals surface area (Å²) >= 11 is 0. The van der Waals surface area contributed by atoms with Gasteiger partial charge in [0.25, 0.3) is 5.56 Å². The van der Waals surface area contributed by atoms with Crippen molar-refractivity contribution in [3.05, 3.63) is 52.4 Å².